The Balaban J connectivity index is 2.52. The molecule has 0 unspecified atom stereocenters. The largest absolute Gasteiger partial charge is 0.299 e. The molecule has 1 aromatic carbocycles. The number of ketones is 1. The predicted molar refractivity (Wildman–Crippen MR) is 59.6 cm³/mol. The minimum absolute atomic E-state index is 0.294. The van der Waals surface area contributed by atoms with Crippen LogP contribution in [0.5, 0.6) is 0 Å². The molecule has 14 heavy (non-hydrogen) atoms. The molecule has 2 heteroatoms. The molecule has 0 fully saturated rings. The first-order chi connectivity index (χ1) is 6.58. The molecule has 1 rings (SSSR count). The zero-order valence-electron chi connectivity index (χ0n) is 8.59. The summed E-state index contributed by atoms with van der Waals surface area (Å²) in [5.41, 5.74) is 1.04. The zero-order valence-corrected chi connectivity index (χ0v) is 9.34. The second-order valence-corrected chi connectivity index (χ2v) is 4.38. The number of hydrogen-bond acceptors (Lipinski definition) is 1. The van der Waals surface area contributed by atoms with Crippen LogP contribution in [0.2, 0.25) is 5.02 Å². The van der Waals surface area contributed by atoms with E-state index in [9.17, 15) is 4.79 Å². The maximum Gasteiger partial charge on any atom is 0.137 e. The van der Waals surface area contributed by atoms with Crippen molar-refractivity contribution >= 4 is 17.4 Å². The molecule has 0 saturated heterocycles. The molecule has 0 aliphatic heterocycles. The minimum Gasteiger partial charge on any atom is -0.299 e. The Morgan fingerprint density at radius 2 is 1.86 bits per heavy atom. The van der Waals surface area contributed by atoms with Gasteiger partial charge in [-0.25, -0.2) is 0 Å². The predicted octanol–water partition coefficient (Wildman–Crippen LogP) is 3.50. The van der Waals surface area contributed by atoms with Gasteiger partial charge in [0.2, 0.25) is 0 Å². The minimum atomic E-state index is 0.294. The van der Waals surface area contributed by atoms with E-state index in [0.717, 1.165) is 5.56 Å². The van der Waals surface area contributed by atoms with Crippen LogP contribution in [0.3, 0.4) is 0 Å². The number of halogens is 1. The standard InChI is InChI=1S/C12H15ClO/c1-9(2)7-12(14)8-10-3-5-11(13)6-4-10/h3-6,9H,7-8H2,1-2H3. The Kier molecular flexibility index (Phi) is 4.15. The quantitative estimate of drug-likeness (QED) is 0.744. The SMILES string of the molecule is CC(C)CC(=O)Cc1ccc(Cl)cc1. The van der Waals surface area contributed by atoms with Gasteiger partial charge in [0.15, 0.2) is 0 Å². The molecule has 76 valence electrons. The van der Waals surface area contributed by atoms with E-state index >= 15 is 0 Å². The van der Waals surface area contributed by atoms with E-state index in [1.54, 1.807) is 0 Å². The summed E-state index contributed by atoms with van der Waals surface area (Å²) in [7, 11) is 0. The molecule has 1 nitrogen and oxygen atoms in total. The molecule has 0 atom stereocenters. The van der Waals surface area contributed by atoms with Gasteiger partial charge in [-0.15, -0.1) is 0 Å². The summed E-state index contributed by atoms with van der Waals surface area (Å²) in [6, 6.07) is 7.44. The van der Waals surface area contributed by atoms with Gasteiger partial charge in [0, 0.05) is 17.9 Å². The van der Waals surface area contributed by atoms with E-state index in [0.29, 0.717) is 29.6 Å². The van der Waals surface area contributed by atoms with Crippen LogP contribution in [-0.2, 0) is 11.2 Å². The van der Waals surface area contributed by atoms with Gasteiger partial charge < -0.3 is 0 Å². The molecular weight excluding hydrogens is 196 g/mol. The van der Waals surface area contributed by atoms with Gasteiger partial charge in [-0.1, -0.05) is 37.6 Å². The lowest BCUT2D eigenvalue weighted by Gasteiger charge is -2.03. The lowest BCUT2D eigenvalue weighted by Crippen LogP contribution is -2.06. The van der Waals surface area contributed by atoms with Gasteiger partial charge in [-0.3, -0.25) is 4.79 Å². The van der Waals surface area contributed by atoms with E-state index in [-0.39, 0.29) is 0 Å². The van der Waals surface area contributed by atoms with Crippen molar-refractivity contribution in [3.8, 4) is 0 Å². The Morgan fingerprint density at radius 3 is 2.36 bits per heavy atom. The molecule has 0 spiro atoms. The fraction of sp³-hybridized carbons (Fsp3) is 0.417. The number of carbonyl (C=O) groups is 1. The number of benzene rings is 1. The number of rotatable bonds is 4. The second-order valence-electron chi connectivity index (χ2n) is 3.94. The lowest BCUT2D eigenvalue weighted by atomic mass is 10.0. The third kappa shape index (κ3) is 3.93. The van der Waals surface area contributed by atoms with Crippen LogP contribution < -0.4 is 0 Å². The molecule has 0 saturated carbocycles. The Labute approximate surface area is 90.1 Å². The maximum atomic E-state index is 11.5. The third-order valence-electron chi connectivity index (χ3n) is 1.95. The molecule has 1 aromatic rings. The average molecular weight is 211 g/mol. The van der Waals surface area contributed by atoms with Crippen molar-refractivity contribution in [2.45, 2.75) is 26.7 Å². The zero-order chi connectivity index (χ0) is 10.6. The summed E-state index contributed by atoms with van der Waals surface area (Å²) in [5, 5.41) is 0.713. The Hall–Kier alpha value is -0.820. The summed E-state index contributed by atoms with van der Waals surface area (Å²) in [6.07, 6.45) is 1.18. The van der Waals surface area contributed by atoms with Gasteiger partial charge in [0.25, 0.3) is 0 Å². The number of hydrogen-bond donors (Lipinski definition) is 0. The van der Waals surface area contributed by atoms with E-state index in [4.69, 9.17) is 11.6 Å². The first-order valence-corrected chi connectivity index (χ1v) is 5.22. The lowest BCUT2D eigenvalue weighted by molar-refractivity contribution is -0.119. The average Bonchev–Trinajstić information content (AvgIpc) is 2.07. The highest BCUT2D eigenvalue weighted by atomic mass is 35.5. The molecule has 0 aliphatic carbocycles. The van der Waals surface area contributed by atoms with E-state index in [1.807, 2.05) is 24.3 Å². The van der Waals surface area contributed by atoms with Gasteiger partial charge in [0.1, 0.15) is 5.78 Å². The summed E-state index contributed by atoms with van der Waals surface area (Å²) >= 11 is 5.75. The van der Waals surface area contributed by atoms with E-state index < -0.39 is 0 Å². The second kappa shape index (κ2) is 5.16. The Bertz CT molecular complexity index is 301. The van der Waals surface area contributed by atoms with Crippen LogP contribution in [0.4, 0.5) is 0 Å². The summed E-state index contributed by atoms with van der Waals surface area (Å²) in [5.74, 6) is 0.733. The van der Waals surface area contributed by atoms with Gasteiger partial charge in [0.05, 0.1) is 0 Å². The molecule has 0 heterocycles. The summed E-state index contributed by atoms with van der Waals surface area (Å²) < 4.78 is 0. The fourth-order valence-electron chi connectivity index (χ4n) is 1.36. The molecule has 0 bridgehead atoms. The molecular formula is C12H15ClO. The topological polar surface area (TPSA) is 17.1 Å². The van der Waals surface area contributed by atoms with E-state index in [1.165, 1.54) is 0 Å². The maximum absolute atomic E-state index is 11.5. The van der Waals surface area contributed by atoms with Crippen molar-refractivity contribution in [3.05, 3.63) is 34.9 Å². The van der Waals surface area contributed by atoms with Crippen molar-refractivity contribution in [3.63, 3.8) is 0 Å². The fourth-order valence-corrected chi connectivity index (χ4v) is 1.48. The van der Waals surface area contributed by atoms with Crippen LogP contribution >= 0.6 is 11.6 Å². The van der Waals surface area contributed by atoms with Gasteiger partial charge in [-0.05, 0) is 23.6 Å². The van der Waals surface area contributed by atoms with Gasteiger partial charge in [-0.2, -0.15) is 0 Å². The molecule has 0 aromatic heterocycles. The first-order valence-electron chi connectivity index (χ1n) is 4.84. The third-order valence-corrected chi connectivity index (χ3v) is 2.20. The molecule has 0 N–H and O–H groups in total. The normalized spacial score (nSPS) is 10.6. The number of Topliss-reactive ketones (excluding diaryl/α,β-unsaturated/α-hetero) is 1. The molecule has 0 radical (unpaired) electrons. The summed E-state index contributed by atoms with van der Waals surface area (Å²) in [6.45, 7) is 4.11. The van der Waals surface area contributed by atoms with Crippen LogP contribution in [0.25, 0.3) is 0 Å². The van der Waals surface area contributed by atoms with Crippen molar-refractivity contribution in [1.82, 2.24) is 0 Å². The van der Waals surface area contributed by atoms with Crippen molar-refractivity contribution in [2.24, 2.45) is 5.92 Å². The Morgan fingerprint density at radius 1 is 1.29 bits per heavy atom. The van der Waals surface area contributed by atoms with Crippen LogP contribution in [0.1, 0.15) is 25.8 Å². The molecule has 0 amide bonds. The number of carbonyl (C=O) groups excluding carboxylic acids is 1. The first kappa shape index (κ1) is 11.3. The van der Waals surface area contributed by atoms with Crippen molar-refractivity contribution in [2.75, 3.05) is 0 Å². The van der Waals surface area contributed by atoms with Crippen LogP contribution in [0, 0.1) is 5.92 Å². The monoisotopic (exact) mass is 210 g/mol. The van der Waals surface area contributed by atoms with Crippen LogP contribution in [-0.4, -0.2) is 5.78 Å². The summed E-state index contributed by atoms with van der Waals surface area (Å²) in [4.78, 5) is 11.5. The highest BCUT2D eigenvalue weighted by molar-refractivity contribution is 6.30. The van der Waals surface area contributed by atoms with E-state index in [2.05, 4.69) is 13.8 Å². The highest BCUT2D eigenvalue weighted by Crippen LogP contribution is 2.11. The highest BCUT2D eigenvalue weighted by Gasteiger charge is 2.05. The smallest absolute Gasteiger partial charge is 0.137 e. The van der Waals surface area contributed by atoms with Crippen molar-refractivity contribution in [1.29, 1.82) is 0 Å². The molecule has 0 aliphatic rings. The van der Waals surface area contributed by atoms with Gasteiger partial charge >= 0.3 is 0 Å². The van der Waals surface area contributed by atoms with Crippen molar-refractivity contribution < 1.29 is 4.79 Å². The van der Waals surface area contributed by atoms with Crippen LogP contribution in [0.15, 0.2) is 24.3 Å².